The molecule has 0 spiro atoms. The highest BCUT2D eigenvalue weighted by atomic mass is 16.5. The fraction of sp³-hybridized carbons (Fsp3) is 0.231. The van der Waals surface area contributed by atoms with Gasteiger partial charge >= 0.3 is 5.97 Å². The topological polar surface area (TPSA) is 133 Å². The first-order chi connectivity index (χ1) is 15.9. The van der Waals surface area contributed by atoms with E-state index in [1.54, 1.807) is 6.92 Å². The number of hydrogen-bond acceptors (Lipinski definition) is 6. The monoisotopic (exact) mass is 442 g/mol. The molecule has 0 unspecified atom stereocenters. The molecule has 7 N–H and O–H groups in total. The lowest BCUT2D eigenvalue weighted by Crippen LogP contribution is -2.53. The molecule has 33 heavy (non-hydrogen) atoms. The van der Waals surface area contributed by atoms with Gasteiger partial charge in [-0.3, -0.25) is 9.59 Å². The van der Waals surface area contributed by atoms with E-state index in [4.69, 9.17) is 21.9 Å². The van der Waals surface area contributed by atoms with Gasteiger partial charge in [0.05, 0.1) is 13.0 Å². The molecule has 3 aromatic rings. The number of nitrogens with two attached hydrogens (primary N) is 3. The van der Waals surface area contributed by atoms with Crippen molar-refractivity contribution in [3.05, 3.63) is 88.0 Å². The Morgan fingerprint density at radius 3 is 1.73 bits per heavy atom. The Hall–Kier alpha value is -4.00. The summed E-state index contributed by atoms with van der Waals surface area (Å²) in [5.41, 5.74) is 24.6. The smallest absolute Gasteiger partial charge is 0.307 e. The molecule has 0 aromatic heterocycles. The van der Waals surface area contributed by atoms with Crippen molar-refractivity contribution in [3.8, 4) is 0 Å². The maximum absolute atomic E-state index is 14.2. The molecule has 6 rings (SSSR count). The van der Waals surface area contributed by atoms with Crippen LogP contribution in [-0.2, 0) is 19.7 Å². The van der Waals surface area contributed by atoms with Crippen LogP contribution in [0.2, 0.25) is 0 Å². The average molecular weight is 443 g/mol. The lowest BCUT2D eigenvalue weighted by Gasteiger charge is -2.49. The highest BCUT2D eigenvalue weighted by molar-refractivity contribution is 6.01. The van der Waals surface area contributed by atoms with Crippen LogP contribution in [0.5, 0.6) is 0 Å². The van der Waals surface area contributed by atoms with Crippen LogP contribution in [0.4, 0.5) is 17.1 Å². The van der Waals surface area contributed by atoms with Gasteiger partial charge in [0.1, 0.15) is 5.41 Å². The predicted octanol–water partition coefficient (Wildman–Crippen LogP) is 2.64. The van der Waals surface area contributed by atoms with Crippen molar-refractivity contribution in [2.45, 2.75) is 24.7 Å². The van der Waals surface area contributed by atoms with Gasteiger partial charge in [-0.1, -0.05) is 18.2 Å². The van der Waals surface area contributed by atoms with Crippen LogP contribution in [0, 0.1) is 0 Å². The molecule has 1 amide bonds. The molecule has 0 radical (unpaired) electrons. The maximum Gasteiger partial charge on any atom is 0.307 e. The van der Waals surface area contributed by atoms with Gasteiger partial charge in [0.25, 0.3) is 0 Å². The summed E-state index contributed by atoms with van der Waals surface area (Å²) in [4.78, 5) is 26.0. The minimum absolute atomic E-state index is 0.0546. The number of nitrogens with one attached hydrogen (secondary N) is 1. The lowest BCUT2D eigenvalue weighted by molar-refractivity contribution is -0.143. The first-order valence-electron chi connectivity index (χ1n) is 11.0. The zero-order valence-electron chi connectivity index (χ0n) is 18.4. The Balaban J connectivity index is 1.74. The largest absolute Gasteiger partial charge is 0.466 e. The van der Waals surface area contributed by atoms with Crippen LogP contribution in [0.15, 0.2) is 54.6 Å². The van der Waals surface area contributed by atoms with Crippen molar-refractivity contribution < 1.29 is 14.3 Å². The van der Waals surface area contributed by atoms with Gasteiger partial charge in [0, 0.05) is 29.5 Å². The Morgan fingerprint density at radius 1 is 0.848 bits per heavy atom. The van der Waals surface area contributed by atoms with Crippen molar-refractivity contribution in [2.24, 2.45) is 0 Å². The second-order valence-electron chi connectivity index (χ2n) is 8.53. The summed E-state index contributed by atoms with van der Waals surface area (Å²) < 4.78 is 5.00. The van der Waals surface area contributed by atoms with E-state index >= 15 is 0 Å². The van der Waals surface area contributed by atoms with E-state index < -0.39 is 5.41 Å². The summed E-state index contributed by atoms with van der Waals surface area (Å²) in [5.74, 6) is -0.668. The number of carbonyl (C=O) groups is 2. The number of ether oxygens (including phenoxy) is 1. The van der Waals surface area contributed by atoms with E-state index in [-0.39, 0.29) is 30.8 Å². The van der Waals surface area contributed by atoms with Gasteiger partial charge in [0.15, 0.2) is 0 Å². The second-order valence-corrected chi connectivity index (χ2v) is 8.53. The second kappa shape index (κ2) is 7.55. The van der Waals surface area contributed by atoms with Crippen LogP contribution in [0.1, 0.15) is 52.6 Å². The lowest BCUT2D eigenvalue weighted by atomic mass is 9.52. The summed E-state index contributed by atoms with van der Waals surface area (Å²) in [6, 6.07) is 17.2. The SMILES string of the molecule is CCOC(=O)CCNC(=O)C12c3cc(N)ccc3C(c3ccc(N)cc31)c1ccc(N)cc12. The number of anilines is 3. The number of carbonyl (C=O) groups excluding carboxylic acids is 2. The summed E-state index contributed by atoms with van der Waals surface area (Å²) in [6.07, 6.45) is 0.0790. The van der Waals surface area contributed by atoms with E-state index in [1.807, 2.05) is 54.6 Å². The molecule has 3 aliphatic carbocycles. The number of hydrogen-bond donors (Lipinski definition) is 4. The van der Waals surface area contributed by atoms with E-state index in [0.717, 1.165) is 33.4 Å². The molecule has 0 heterocycles. The van der Waals surface area contributed by atoms with E-state index in [1.165, 1.54) is 0 Å². The number of nitrogen functional groups attached to an aromatic ring is 3. The van der Waals surface area contributed by atoms with Gasteiger partial charge in [-0.2, -0.15) is 0 Å². The van der Waals surface area contributed by atoms with Crippen molar-refractivity contribution in [1.29, 1.82) is 0 Å². The van der Waals surface area contributed by atoms with E-state index in [2.05, 4.69) is 5.32 Å². The number of amides is 1. The van der Waals surface area contributed by atoms with E-state index in [0.29, 0.717) is 23.7 Å². The Kier molecular flexibility index (Phi) is 4.78. The molecule has 0 aliphatic heterocycles. The van der Waals surface area contributed by atoms with Gasteiger partial charge in [-0.25, -0.2) is 0 Å². The summed E-state index contributed by atoms with van der Waals surface area (Å²) in [5, 5.41) is 2.98. The highest BCUT2D eigenvalue weighted by Gasteiger charge is 2.56. The molecule has 7 nitrogen and oxygen atoms in total. The van der Waals surface area contributed by atoms with Crippen LogP contribution >= 0.6 is 0 Å². The van der Waals surface area contributed by atoms with Gasteiger partial charge in [-0.15, -0.1) is 0 Å². The van der Waals surface area contributed by atoms with Crippen molar-refractivity contribution in [1.82, 2.24) is 5.32 Å². The first-order valence-corrected chi connectivity index (χ1v) is 11.0. The molecule has 3 aliphatic rings. The van der Waals surface area contributed by atoms with Crippen LogP contribution < -0.4 is 22.5 Å². The quantitative estimate of drug-likeness (QED) is 0.355. The van der Waals surface area contributed by atoms with Crippen LogP contribution in [0.25, 0.3) is 0 Å². The molecular formula is C26H26N4O3. The van der Waals surface area contributed by atoms with Crippen molar-refractivity contribution in [2.75, 3.05) is 30.4 Å². The number of esters is 1. The summed E-state index contributed by atoms with van der Waals surface area (Å²) in [6.45, 7) is 2.19. The molecule has 3 aromatic carbocycles. The molecule has 0 atom stereocenters. The van der Waals surface area contributed by atoms with Gasteiger partial charge < -0.3 is 27.3 Å². The molecule has 0 fully saturated rings. The zero-order valence-corrected chi connectivity index (χ0v) is 18.4. The van der Waals surface area contributed by atoms with E-state index in [9.17, 15) is 9.59 Å². The highest BCUT2D eigenvalue weighted by Crippen LogP contribution is 2.60. The minimum atomic E-state index is -1.19. The normalized spacial score (nSPS) is 19.2. The fourth-order valence-electron chi connectivity index (χ4n) is 5.40. The maximum atomic E-state index is 14.2. The standard InChI is InChI=1S/C26H26N4O3/c1-2-33-23(31)9-10-30-25(32)26-20-11-14(27)3-6-17(20)24(18-7-4-15(28)12-21(18)26)19-8-5-16(29)13-22(19)26/h3-8,11-13,24H,2,9-10,27-29H2,1H3,(H,30,32). The first kappa shape index (κ1) is 20.9. The van der Waals surface area contributed by atoms with Gasteiger partial charge in [-0.05, 0) is 76.7 Å². The van der Waals surface area contributed by atoms with Crippen molar-refractivity contribution >= 4 is 28.9 Å². The average Bonchev–Trinajstić information content (AvgIpc) is 2.78. The van der Waals surface area contributed by atoms with Gasteiger partial charge in [0.2, 0.25) is 5.91 Å². The number of benzene rings is 3. The molecule has 0 saturated carbocycles. The Morgan fingerprint density at radius 2 is 1.30 bits per heavy atom. The Labute approximate surface area is 191 Å². The third-order valence-corrected chi connectivity index (χ3v) is 6.64. The molecule has 7 heteroatoms. The number of rotatable bonds is 5. The third kappa shape index (κ3) is 2.96. The third-order valence-electron chi connectivity index (χ3n) is 6.64. The van der Waals surface area contributed by atoms with Crippen LogP contribution in [0.3, 0.4) is 0 Å². The minimum Gasteiger partial charge on any atom is -0.466 e. The zero-order chi connectivity index (χ0) is 23.3. The molecule has 2 bridgehead atoms. The summed E-state index contributed by atoms with van der Waals surface area (Å²) >= 11 is 0. The fourth-order valence-corrected chi connectivity index (χ4v) is 5.40. The molecular weight excluding hydrogens is 416 g/mol. The Bertz CT molecular complexity index is 1170. The molecule has 168 valence electrons. The van der Waals surface area contributed by atoms with Crippen LogP contribution in [-0.4, -0.2) is 25.0 Å². The molecule has 0 saturated heterocycles. The summed E-state index contributed by atoms with van der Waals surface area (Å²) in [7, 11) is 0. The van der Waals surface area contributed by atoms with Crippen molar-refractivity contribution in [3.63, 3.8) is 0 Å². The predicted molar refractivity (Wildman–Crippen MR) is 128 cm³/mol.